The van der Waals surface area contributed by atoms with E-state index in [-0.39, 0.29) is 18.1 Å². The molecule has 1 amide bonds. The van der Waals surface area contributed by atoms with Crippen LogP contribution in [0.4, 0.5) is 0 Å². The van der Waals surface area contributed by atoms with Crippen molar-refractivity contribution in [2.75, 3.05) is 45.9 Å². The number of hydrogen-bond acceptors (Lipinski definition) is 4. The van der Waals surface area contributed by atoms with Gasteiger partial charge in [-0.05, 0) is 19.8 Å². The van der Waals surface area contributed by atoms with Crippen LogP contribution < -0.4 is 5.32 Å². The van der Waals surface area contributed by atoms with Crippen LogP contribution in [0, 0.1) is 0 Å². The number of nitrogens with one attached hydrogen (secondary N) is 1. The monoisotopic (exact) mass is 253 g/mol. The fourth-order valence-corrected chi connectivity index (χ4v) is 2.68. The Labute approximate surface area is 108 Å². The molecule has 0 radical (unpaired) electrons. The first-order chi connectivity index (χ1) is 8.66. The highest BCUT2D eigenvalue weighted by molar-refractivity contribution is 5.77. The Hall–Kier alpha value is -0.650. The highest BCUT2D eigenvalue weighted by Gasteiger charge is 2.35. The number of piperazine rings is 1. The Kier molecular flexibility index (Phi) is 3.30. The average Bonchev–Trinajstić information content (AvgIpc) is 3.18. The molecule has 0 aromatic heterocycles. The van der Waals surface area contributed by atoms with Crippen LogP contribution in [0.5, 0.6) is 0 Å². The van der Waals surface area contributed by atoms with E-state index in [0.29, 0.717) is 0 Å². The second kappa shape index (κ2) is 4.79. The molecule has 3 aliphatic rings. The van der Waals surface area contributed by atoms with Gasteiger partial charge in [0.25, 0.3) is 0 Å². The molecular formula is C13H23N3O2. The number of carbonyl (C=O) groups excluding carboxylic acids is 1. The normalized spacial score (nSPS) is 27.9. The van der Waals surface area contributed by atoms with E-state index in [1.807, 2.05) is 4.90 Å². The van der Waals surface area contributed by atoms with E-state index in [2.05, 4.69) is 17.1 Å². The van der Waals surface area contributed by atoms with Crippen LogP contribution in [-0.2, 0) is 9.53 Å². The van der Waals surface area contributed by atoms with E-state index in [1.54, 1.807) is 0 Å². The topological polar surface area (TPSA) is 44.8 Å². The Balaban J connectivity index is 1.39. The summed E-state index contributed by atoms with van der Waals surface area (Å²) in [6, 6.07) is 0.818. The maximum absolute atomic E-state index is 12.0. The maximum Gasteiger partial charge on any atom is 0.248 e. The Morgan fingerprint density at radius 1 is 1.28 bits per heavy atom. The molecule has 1 saturated carbocycles. The fourth-order valence-electron chi connectivity index (χ4n) is 2.68. The first kappa shape index (κ1) is 12.4. The number of rotatable bonds is 4. The van der Waals surface area contributed by atoms with Crippen LogP contribution in [0.2, 0.25) is 0 Å². The third kappa shape index (κ3) is 2.68. The predicted molar refractivity (Wildman–Crippen MR) is 68.4 cm³/mol. The van der Waals surface area contributed by atoms with Gasteiger partial charge in [0.15, 0.2) is 0 Å². The van der Waals surface area contributed by atoms with E-state index < -0.39 is 0 Å². The van der Waals surface area contributed by atoms with Crippen LogP contribution in [0.15, 0.2) is 0 Å². The zero-order valence-corrected chi connectivity index (χ0v) is 11.2. The number of hydrogen-bond donors (Lipinski definition) is 1. The van der Waals surface area contributed by atoms with Gasteiger partial charge in [-0.15, -0.1) is 0 Å². The molecule has 102 valence electrons. The Bertz CT molecular complexity index is 318. The van der Waals surface area contributed by atoms with E-state index in [1.165, 1.54) is 12.8 Å². The fraction of sp³-hybridized carbons (Fsp3) is 0.923. The molecule has 0 bridgehead atoms. The number of carbonyl (C=O) groups is 1. The van der Waals surface area contributed by atoms with Gasteiger partial charge in [-0.3, -0.25) is 9.69 Å². The van der Waals surface area contributed by atoms with Gasteiger partial charge in [-0.25, -0.2) is 0 Å². The number of nitrogens with zero attached hydrogens (tertiary/aromatic N) is 2. The third-order valence-electron chi connectivity index (χ3n) is 4.27. The largest absolute Gasteiger partial charge is 0.363 e. The Morgan fingerprint density at radius 2 is 1.94 bits per heavy atom. The Morgan fingerprint density at radius 3 is 2.44 bits per heavy atom. The molecule has 0 spiro atoms. The SMILES string of the molecule is CC1(OCC(=O)N2CCN(C3CC3)CC2)CNC1. The quantitative estimate of drug-likeness (QED) is 0.745. The van der Waals surface area contributed by atoms with Crippen molar-refractivity contribution < 1.29 is 9.53 Å². The molecule has 0 atom stereocenters. The lowest BCUT2D eigenvalue weighted by molar-refractivity contribution is -0.147. The molecule has 2 saturated heterocycles. The van der Waals surface area contributed by atoms with E-state index >= 15 is 0 Å². The van der Waals surface area contributed by atoms with Gasteiger partial charge in [0, 0.05) is 45.3 Å². The van der Waals surface area contributed by atoms with Crippen molar-refractivity contribution in [3.8, 4) is 0 Å². The molecule has 2 aliphatic heterocycles. The van der Waals surface area contributed by atoms with Crippen molar-refractivity contribution in [3.05, 3.63) is 0 Å². The second-order valence-electron chi connectivity index (χ2n) is 5.99. The summed E-state index contributed by atoms with van der Waals surface area (Å²) in [6.45, 7) is 7.82. The van der Waals surface area contributed by atoms with Crippen LogP contribution in [0.1, 0.15) is 19.8 Å². The summed E-state index contributed by atoms with van der Waals surface area (Å²) in [5.74, 6) is 0.151. The molecule has 5 nitrogen and oxygen atoms in total. The third-order valence-corrected chi connectivity index (χ3v) is 4.27. The lowest BCUT2D eigenvalue weighted by atomic mass is 10.0. The minimum atomic E-state index is -0.120. The summed E-state index contributed by atoms with van der Waals surface area (Å²) < 4.78 is 5.70. The van der Waals surface area contributed by atoms with Crippen LogP contribution in [-0.4, -0.2) is 73.2 Å². The van der Waals surface area contributed by atoms with Gasteiger partial charge in [0.2, 0.25) is 5.91 Å². The van der Waals surface area contributed by atoms with Gasteiger partial charge in [0.1, 0.15) is 6.61 Å². The van der Waals surface area contributed by atoms with Crippen molar-refractivity contribution in [2.24, 2.45) is 0 Å². The van der Waals surface area contributed by atoms with E-state index in [9.17, 15) is 4.79 Å². The van der Waals surface area contributed by atoms with Gasteiger partial charge in [-0.2, -0.15) is 0 Å². The molecule has 0 aromatic carbocycles. The zero-order chi connectivity index (χ0) is 12.6. The standard InChI is InChI=1S/C13H23N3O2/c1-13(9-14-10-13)18-8-12(17)16-6-4-15(5-7-16)11-2-3-11/h11,14H,2-10H2,1H3. The minimum absolute atomic E-state index is 0.120. The molecule has 18 heavy (non-hydrogen) atoms. The first-order valence-corrected chi connectivity index (χ1v) is 7.03. The maximum atomic E-state index is 12.0. The molecule has 3 fully saturated rings. The summed E-state index contributed by atoms with van der Waals surface area (Å²) >= 11 is 0. The summed E-state index contributed by atoms with van der Waals surface area (Å²) in [7, 11) is 0. The minimum Gasteiger partial charge on any atom is -0.363 e. The van der Waals surface area contributed by atoms with E-state index in [0.717, 1.165) is 45.3 Å². The molecule has 1 aliphatic carbocycles. The number of ether oxygens (including phenoxy) is 1. The zero-order valence-electron chi connectivity index (χ0n) is 11.2. The van der Waals surface area contributed by atoms with Gasteiger partial charge in [-0.1, -0.05) is 0 Å². The first-order valence-electron chi connectivity index (χ1n) is 7.03. The summed E-state index contributed by atoms with van der Waals surface area (Å²) in [5.41, 5.74) is -0.120. The molecule has 3 rings (SSSR count). The van der Waals surface area contributed by atoms with Crippen LogP contribution in [0.3, 0.4) is 0 Å². The van der Waals surface area contributed by atoms with Crippen molar-refractivity contribution in [2.45, 2.75) is 31.4 Å². The highest BCUT2D eigenvalue weighted by atomic mass is 16.5. The lowest BCUT2D eigenvalue weighted by Crippen LogP contribution is -2.60. The molecule has 5 heteroatoms. The van der Waals surface area contributed by atoms with Crippen molar-refractivity contribution in [1.29, 1.82) is 0 Å². The van der Waals surface area contributed by atoms with Crippen molar-refractivity contribution in [3.63, 3.8) is 0 Å². The van der Waals surface area contributed by atoms with Gasteiger partial charge >= 0.3 is 0 Å². The molecule has 0 unspecified atom stereocenters. The average molecular weight is 253 g/mol. The number of amides is 1. The highest BCUT2D eigenvalue weighted by Crippen LogP contribution is 2.27. The molecular weight excluding hydrogens is 230 g/mol. The van der Waals surface area contributed by atoms with E-state index in [4.69, 9.17) is 4.74 Å². The van der Waals surface area contributed by atoms with Crippen LogP contribution >= 0.6 is 0 Å². The summed E-state index contributed by atoms with van der Waals surface area (Å²) in [5, 5.41) is 3.17. The van der Waals surface area contributed by atoms with Crippen LogP contribution in [0.25, 0.3) is 0 Å². The van der Waals surface area contributed by atoms with Gasteiger partial charge < -0.3 is 15.0 Å². The lowest BCUT2D eigenvalue weighted by Gasteiger charge is -2.40. The van der Waals surface area contributed by atoms with Crippen molar-refractivity contribution in [1.82, 2.24) is 15.1 Å². The molecule has 2 heterocycles. The van der Waals surface area contributed by atoms with Gasteiger partial charge in [0.05, 0.1) is 5.60 Å². The summed E-state index contributed by atoms with van der Waals surface area (Å²) in [4.78, 5) is 16.5. The van der Waals surface area contributed by atoms with Crippen molar-refractivity contribution >= 4 is 5.91 Å². The molecule has 0 aromatic rings. The second-order valence-corrected chi connectivity index (χ2v) is 5.99. The summed E-state index contributed by atoms with van der Waals surface area (Å²) in [6.07, 6.45) is 2.70. The predicted octanol–water partition coefficient (Wildman–Crippen LogP) is -0.328. The smallest absolute Gasteiger partial charge is 0.248 e. The molecule has 1 N–H and O–H groups in total.